The Morgan fingerprint density at radius 1 is 0.906 bits per heavy atom. The SMILES string of the molecule is C=C1[C@@H]2CC[C@@H]3[C@]4(CC[C@]5(C)[C@@H]([C@H](C)[N+](C)(C)C)[C@H](O)C[C@@]35C)C[C@]24CC[C@@H]1[N+](C)(C)C. The fourth-order valence-electron chi connectivity index (χ4n) is 10.9. The minimum Gasteiger partial charge on any atom is -0.393 e. The quantitative estimate of drug-likeness (QED) is 0.474. The Morgan fingerprint density at radius 3 is 2.16 bits per heavy atom. The molecule has 0 aliphatic heterocycles. The first-order valence-electron chi connectivity index (χ1n) is 13.5. The number of likely N-dealkylation sites (N-methyl/N-ethyl adjacent to an activating group) is 1. The predicted octanol–water partition coefficient (Wildman–Crippen LogP) is 5.10. The van der Waals surface area contributed by atoms with Crippen LogP contribution in [0.4, 0.5) is 0 Å². The van der Waals surface area contributed by atoms with Crippen LogP contribution in [-0.2, 0) is 0 Å². The highest BCUT2D eigenvalue weighted by atomic mass is 16.3. The second kappa shape index (κ2) is 6.43. The maximum atomic E-state index is 11.5. The third-order valence-electron chi connectivity index (χ3n) is 12.9. The van der Waals surface area contributed by atoms with E-state index in [1.54, 1.807) is 5.57 Å². The first-order chi connectivity index (χ1) is 14.6. The highest BCUT2D eigenvalue weighted by molar-refractivity contribution is 5.35. The minimum atomic E-state index is -0.149. The van der Waals surface area contributed by atoms with Gasteiger partial charge in [-0.15, -0.1) is 0 Å². The molecule has 1 N–H and O–H groups in total. The molecule has 0 saturated heterocycles. The predicted molar refractivity (Wildman–Crippen MR) is 133 cm³/mol. The summed E-state index contributed by atoms with van der Waals surface area (Å²) < 4.78 is 1.98. The molecule has 32 heavy (non-hydrogen) atoms. The van der Waals surface area contributed by atoms with Gasteiger partial charge in [-0.05, 0) is 90.9 Å². The molecule has 0 unspecified atom stereocenters. The Hall–Kier alpha value is -0.380. The van der Waals surface area contributed by atoms with Gasteiger partial charge in [0.05, 0.1) is 54.4 Å². The molecule has 0 radical (unpaired) electrons. The Labute approximate surface area is 198 Å². The molecule has 0 aromatic heterocycles. The average Bonchev–Trinajstić information content (AvgIpc) is 3.25. The molecule has 5 aliphatic carbocycles. The molecule has 0 bridgehead atoms. The van der Waals surface area contributed by atoms with E-state index in [0.717, 1.165) is 27.2 Å². The molecular formula is C29H52N2O+2. The maximum Gasteiger partial charge on any atom is 0.110 e. The van der Waals surface area contributed by atoms with Gasteiger partial charge >= 0.3 is 0 Å². The van der Waals surface area contributed by atoms with Gasteiger partial charge in [0.15, 0.2) is 0 Å². The zero-order valence-electron chi connectivity index (χ0n) is 22.7. The summed E-state index contributed by atoms with van der Waals surface area (Å²) in [7, 11) is 14.1. The zero-order valence-corrected chi connectivity index (χ0v) is 22.7. The molecule has 0 aromatic rings. The molecule has 5 rings (SSSR count). The molecule has 0 heterocycles. The number of hydrogen-bond donors (Lipinski definition) is 1. The number of hydrogen-bond acceptors (Lipinski definition) is 1. The van der Waals surface area contributed by atoms with Gasteiger partial charge < -0.3 is 14.1 Å². The van der Waals surface area contributed by atoms with E-state index in [0.29, 0.717) is 28.8 Å². The number of fused-ring (bicyclic) bond motifs is 2. The summed E-state index contributed by atoms with van der Waals surface area (Å²) in [6.45, 7) is 12.4. The highest BCUT2D eigenvalue weighted by Crippen LogP contribution is 2.88. The lowest BCUT2D eigenvalue weighted by Crippen LogP contribution is -2.59. The molecule has 182 valence electrons. The van der Waals surface area contributed by atoms with Crippen LogP contribution in [0.1, 0.15) is 72.1 Å². The Morgan fingerprint density at radius 2 is 1.56 bits per heavy atom. The number of aliphatic hydroxyl groups excluding tert-OH is 1. The first-order valence-corrected chi connectivity index (χ1v) is 13.5. The largest absolute Gasteiger partial charge is 0.393 e. The second-order valence-corrected chi connectivity index (χ2v) is 15.4. The van der Waals surface area contributed by atoms with E-state index in [2.05, 4.69) is 63.1 Å². The molecule has 2 spiro atoms. The normalized spacial score (nSPS) is 53.7. The lowest BCUT2D eigenvalue weighted by atomic mass is 9.43. The van der Waals surface area contributed by atoms with Gasteiger partial charge in [-0.25, -0.2) is 0 Å². The fourth-order valence-corrected chi connectivity index (χ4v) is 10.9. The summed E-state index contributed by atoms with van der Waals surface area (Å²) >= 11 is 0. The van der Waals surface area contributed by atoms with E-state index < -0.39 is 0 Å². The van der Waals surface area contributed by atoms with E-state index in [1.807, 2.05) is 0 Å². The van der Waals surface area contributed by atoms with Crippen molar-refractivity contribution >= 4 is 0 Å². The second-order valence-electron chi connectivity index (χ2n) is 15.4. The molecule has 3 nitrogen and oxygen atoms in total. The van der Waals surface area contributed by atoms with Gasteiger partial charge in [0, 0.05) is 12.3 Å². The fraction of sp³-hybridized carbons (Fsp3) is 0.931. The van der Waals surface area contributed by atoms with Crippen LogP contribution in [0.2, 0.25) is 0 Å². The molecular weight excluding hydrogens is 392 g/mol. The van der Waals surface area contributed by atoms with E-state index in [-0.39, 0.29) is 16.9 Å². The minimum absolute atomic E-state index is 0.149. The van der Waals surface area contributed by atoms with Gasteiger partial charge in [0.25, 0.3) is 0 Å². The molecule has 10 atom stereocenters. The van der Waals surface area contributed by atoms with Crippen molar-refractivity contribution in [3.05, 3.63) is 12.2 Å². The van der Waals surface area contributed by atoms with Crippen molar-refractivity contribution in [2.45, 2.75) is 90.3 Å². The molecule has 5 aliphatic rings. The van der Waals surface area contributed by atoms with Crippen LogP contribution >= 0.6 is 0 Å². The zero-order chi connectivity index (χ0) is 23.7. The molecule has 3 heteroatoms. The molecule has 5 saturated carbocycles. The van der Waals surface area contributed by atoms with E-state index in [9.17, 15) is 5.11 Å². The Bertz CT molecular complexity index is 822. The number of rotatable bonds is 3. The average molecular weight is 445 g/mol. The topological polar surface area (TPSA) is 20.2 Å². The number of aliphatic hydroxyl groups is 1. The monoisotopic (exact) mass is 444 g/mol. The van der Waals surface area contributed by atoms with Crippen LogP contribution in [0, 0.1) is 39.4 Å². The lowest BCUT2D eigenvalue weighted by molar-refractivity contribution is -0.899. The summed E-state index contributed by atoms with van der Waals surface area (Å²) in [5, 5.41) is 11.5. The van der Waals surface area contributed by atoms with Crippen LogP contribution in [0.5, 0.6) is 0 Å². The van der Waals surface area contributed by atoms with Crippen molar-refractivity contribution in [2.75, 3.05) is 42.3 Å². The van der Waals surface area contributed by atoms with Crippen LogP contribution in [-0.4, -0.2) is 74.5 Å². The van der Waals surface area contributed by atoms with Gasteiger partial charge in [0.1, 0.15) is 6.04 Å². The maximum absolute atomic E-state index is 11.5. The van der Waals surface area contributed by atoms with E-state index in [4.69, 9.17) is 6.58 Å². The summed E-state index contributed by atoms with van der Waals surface area (Å²) in [5.41, 5.74) is 3.18. The Balaban J connectivity index is 1.49. The van der Waals surface area contributed by atoms with Crippen molar-refractivity contribution < 1.29 is 14.1 Å². The standard InChI is InChI=1S/C29H52N2O/c1-19-21-11-12-24-27(4)17-23(32)25(20(2)30(5,6)7)26(27,3)15-16-29(24)18-28(21,29)14-13-22(19)31(8,9)10/h20-25,32H,1,11-18H2,2-10H3/q+2/t20-,21-,22-,23+,24-,25-,26+,27-,28+,29-/m0/s1. The first kappa shape index (κ1) is 23.4. The van der Waals surface area contributed by atoms with Crippen molar-refractivity contribution in [3.63, 3.8) is 0 Å². The van der Waals surface area contributed by atoms with Crippen molar-refractivity contribution in [2.24, 2.45) is 39.4 Å². The number of nitrogens with zero attached hydrogens (tertiary/aromatic N) is 2. The van der Waals surface area contributed by atoms with Crippen molar-refractivity contribution in [1.29, 1.82) is 0 Å². The highest BCUT2D eigenvalue weighted by Gasteiger charge is 2.82. The van der Waals surface area contributed by atoms with Crippen LogP contribution < -0.4 is 0 Å². The van der Waals surface area contributed by atoms with Crippen molar-refractivity contribution in [3.8, 4) is 0 Å². The van der Waals surface area contributed by atoms with Gasteiger partial charge in [0.2, 0.25) is 0 Å². The van der Waals surface area contributed by atoms with Crippen LogP contribution in [0.25, 0.3) is 0 Å². The van der Waals surface area contributed by atoms with Crippen LogP contribution in [0.3, 0.4) is 0 Å². The third kappa shape index (κ3) is 2.60. The molecule has 0 amide bonds. The summed E-state index contributed by atoms with van der Waals surface area (Å²) in [4.78, 5) is 0. The summed E-state index contributed by atoms with van der Waals surface area (Å²) in [6, 6.07) is 1.11. The number of quaternary nitrogens is 2. The summed E-state index contributed by atoms with van der Waals surface area (Å²) in [5.74, 6) is 1.94. The lowest BCUT2D eigenvalue weighted by Gasteiger charge is -2.62. The third-order valence-corrected chi connectivity index (χ3v) is 12.9. The smallest absolute Gasteiger partial charge is 0.110 e. The van der Waals surface area contributed by atoms with Gasteiger partial charge in [-0.1, -0.05) is 20.4 Å². The van der Waals surface area contributed by atoms with Crippen molar-refractivity contribution in [1.82, 2.24) is 0 Å². The van der Waals surface area contributed by atoms with E-state index in [1.165, 1.54) is 44.9 Å². The Kier molecular flexibility index (Phi) is 4.70. The van der Waals surface area contributed by atoms with Crippen LogP contribution in [0.15, 0.2) is 12.2 Å². The van der Waals surface area contributed by atoms with Gasteiger partial charge in [-0.3, -0.25) is 0 Å². The summed E-state index contributed by atoms with van der Waals surface area (Å²) in [6.07, 6.45) is 10.5. The molecule has 0 aromatic carbocycles. The van der Waals surface area contributed by atoms with E-state index >= 15 is 0 Å². The molecule has 5 fully saturated rings. The van der Waals surface area contributed by atoms with Gasteiger partial charge in [-0.2, -0.15) is 0 Å².